The van der Waals surface area contributed by atoms with E-state index in [1.54, 1.807) is 6.20 Å². The molecule has 0 spiro atoms. The van der Waals surface area contributed by atoms with Gasteiger partial charge in [-0.1, -0.05) is 36.0 Å². The Morgan fingerprint density at radius 3 is 2.55 bits per heavy atom. The molecule has 0 fully saturated rings. The zero-order valence-electron chi connectivity index (χ0n) is 11.4. The minimum atomic E-state index is 0.369. The number of benzene rings is 1. The Morgan fingerprint density at radius 2 is 1.95 bits per heavy atom. The summed E-state index contributed by atoms with van der Waals surface area (Å²) < 4.78 is 0. The molecule has 0 unspecified atom stereocenters. The molecule has 2 aromatic rings. The number of rotatable bonds is 4. The molecular formula is C15H16ClN3S. The van der Waals surface area contributed by atoms with Crippen LogP contribution >= 0.6 is 23.8 Å². The van der Waals surface area contributed by atoms with Crippen LogP contribution in [-0.4, -0.2) is 17.0 Å². The average molecular weight is 306 g/mol. The first-order valence-electron chi connectivity index (χ1n) is 6.20. The number of hydrogen-bond acceptors (Lipinski definition) is 3. The van der Waals surface area contributed by atoms with E-state index in [2.05, 4.69) is 4.98 Å². The second-order valence-electron chi connectivity index (χ2n) is 4.67. The molecule has 0 saturated carbocycles. The first kappa shape index (κ1) is 14.8. The quantitative estimate of drug-likeness (QED) is 0.880. The van der Waals surface area contributed by atoms with Crippen LogP contribution in [0.25, 0.3) is 0 Å². The van der Waals surface area contributed by atoms with E-state index in [9.17, 15) is 0 Å². The molecule has 0 atom stereocenters. The Morgan fingerprint density at radius 1 is 1.30 bits per heavy atom. The number of pyridine rings is 1. The van der Waals surface area contributed by atoms with Gasteiger partial charge in [0.1, 0.15) is 10.8 Å². The summed E-state index contributed by atoms with van der Waals surface area (Å²) in [6.45, 7) is 2.69. The molecule has 5 heteroatoms. The molecule has 0 amide bonds. The third-order valence-corrected chi connectivity index (χ3v) is 3.54. The summed E-state index contributed by atoms with van der Waals surface area (Å²) >= 11 is 11.0. The van der Waals surface area contributed by atoms with Gasteiger partial charge in [-0.3, -0.25) is 0 Å². The fraction of sp³-hybridized carbons (Fsp3) is 0.200. The van der Waals surface area contributed by atoms with Gasteiger partial charge in [-0.15, -0.1) is 0 Å². The SMILES string of the molecule is Cc1ccnc(N(C)Cc2ccc(Cl)cc2)c1C(N)=S. The minimum Gasteiger partial charge on any atom is -0.389 e. The van der Waals surface area contributed by atoms with Crippen molar-refractivity contribution in [2.45, 2.75) is 13.5 Å². The summed E-state index contributed by atoms with van der Waals surface area (Å²) in [7, 11) is 1.97. The van der Waals surface area contributed by atoms with Crippen molar-refractivity contribution in [1.82, 2.24) is 4.98 Å². The van der Waals surface area contributed by atoms with Gasteiger partial charge in [-0.05, 0) is 36.2 Å². The van der Waals surface area contributed by atoms with Gasteiger partial charge in [0, 0.05) is 24.8 Å². The number of nitrogens with zero attached hydrogens (tertiary/aromatic N) is 2. The molecule has 0 saturated heterocycles. The normalized spacial score (nSPS) is 10.3. The molecule has 0 aliphatic carbocycles. The van der Waals surface area contributed by atoms with Crippen molar-refractivity contribution in [3.63, 3.8) is 0 Å². The molecular weight excluding hydrogens is 290 g/mol. The van der Waals surface area contributed by atoms with Gasteiger partial charge >= 0.3 is 0 Å². The van der Waals surface area contributed by atoms with Crippen molar-refractivity contribution in [1.29, 1.82) is 0 Å². The van der Waals surface area contributed by atoms with Crippen LogP contribution in [0.4, 0.5) is 5.82 Å². The highest BCUT2D eigenvalue weighted by atomic mass is 35.5. The number of aryl methyl sites for hydroxylation is 1. The molecule has 0 radical (unpaired) electrons. The van der Waals surface area contributed by atoms with Crippen molar-refractivity contribution < 1.29 is 0 Å². The van der Waals surface area contributed by atoms with Gasteiger partial charge in [-0.25, -0.2) is 4.98 Å². The van der Waals surface area contributed by atoms with E-state index in [1.807, 2.05) is 49.2 Å². The summed E-state index contributed by atoms with van der Waals surface area (Å²) in [5.41, 5.74) is 8.83. The minimum absolute atomic E-state index is 0.369. The molecule has 3 nitrogen and oxygen atoms in total. The number of hydrogen-bond donors (Lipinski definition) is 1. The summed E-state index contributed by atoms with van der Waals surface area (Å²) in [5.74, 6) is 0.799. The van der Waals surface area contributed by atoms with Crippen molar-refractivity contribution in [2.24, 2.45) is 5.73 Å². The molecule has 0 bridgehead atoms. The van der Waals surface area contributed by atoms with E-state index in [1.165, 1.54) is 0 Å². The van der Waals surface area contributed by atoms with Gasteiger partial charge in [0.05, 0.1) is 5.56 Å². The Balaban J connectivity index is 2.29. The predicted molar refractivity (Wildman–Crippen MR) is 88.4 cm³/mol. The Hall–Kier alpha value is -1.65. The summed E-state index contributed by atoms with van der Waals surface area (Å²) in [5, 5.41) is 0.730. The molecule has 2 rings (SSSR count). The Bertz CT molecular complexity index is 626. The van der Waals surface area contributed by atoms with Gasteiger partial charge in [0.25, 0.3) is 0 Å². The fourth-order valence-electron chi connectivity index (χ4n) is 2.08. The van der Waals surface area contributed by atoms with Crippen LogP contribution in [0.1, 0.15) is 16.7 Å². The van der Waals surface area contributed by atoms with Crippen LogP contribution in [-0.2, 0) is 6.54 Å². The lowest BCUT2D eigenvalue weighted by Crippen LogP contribution is -2.23. The molecule has 20 heavy (non-hydrogen) atoms. The summed E-state index contributed by atoms with van der Waals surface area (Å²) in [6, 6.07) is 9.66. The highest BCUT2D eigenvalue weighted by molar-refractivity contribution is 7.80. The highest BCUT2D eigenvalue weighted by Gasteiger charge is 2.13. The van der Waals surface area contributed by atoms with Gasteiger partial charge in [0.2, 0.25) is 0 Å². The Kier molecular flexibility index (Phi) is 4.57. The largest absolute Gasteiger partial charge is 0.389 e. The third kappa shape index (κ3) is 3.26. The maximum atomic E-state index is 5.89. The van der Waals surface area contributed by atoms with E-state index in [4.69, 9.17) is 29.6 Å². The Labute approximate surface area is 129 Å². The van der Waals surface area contributed by atoms with Gasteiger partial charge in [-0.2, -0.15) is 0 Å². The van der Waals surface area contributed by atoms with Crippen LogP contribution in [0.15, 0.2) is 36.5 Å². The average Bonchev–Trinajstić information content (AvgIpc) is 2.40. The lowest BCUT2D eigenvalue weighted by Gasteiger charge is -2.22. The number of halogens is 1. The second kappa shape index (κ2) is 6.20. The van der Waals surface area contributed by atoms with Crippen molar-refractivity contribution in [3.05, 3.63) is 58.2 Å². The van der Waals surface area contributed by atoms with Crippen LogP contribution in [0, 0.1) is 6.92 Å². The van der Waals surface area contributed by atoms with E-state index in [0.29, 0.717) is 11.5 Å². The van der Waals surface area contributed by atoms with Gasteiger partial charge < -0.3 is 10.6 Å². The highest BCUT2D eigenvalue weighted by Crippen LogP contribution is 2.22. The van der Waals surface area contributed by atoms with E-state index >= 15 is 0 Å². The van der Waals surface area contributed by atoms with E-state index in [-0.39, 0.29) is 0 Å². The maximum Gasteiger partial charge on any atom is 0.139 e. The molecule has 0 aliphatic rings. The predicted octanol–water partition coefficient (Wildman–Crippen LogP) is 3.31. The fourth-order valence-corrected chi connectivity index (χ4v) is 2.45. The van der Waals surface area contributed by atoms with E-state index in [0.717, 1.165) is 27.5 Å². The summed E-state index contributed by atoms with van der Waals surface area (Å²) in [6.07, 6.45) is 1.77. The first-order chi connectivity index (χ1) is 9.49. The number of thiocarbonyl (C=S) groups is 1. The topological polar surface area (TPSA) is 42.2 Å². The number of aromatic nitrogens is 1. The van der Waals surface area contributed by atoms with Crippen molar-refractivity contribution in [3.8, 4) is 0 Å². The third-order valence-electron chi connectivity index (χ3n) is 3.08. The van der Waals surface area contributed by atoms with Crippen LogP contribution < -0.4 is 10.6 Å². The smallest absolute Gasteiger partial charge is 0.139 e. The molecule has 104 valence electrons. The monoisotopic (exact) mass is 305 g/mol. The first-order valence-corrected chi connectivity index (χ1v) is 6.98. The number of nitrogens with two attached hydrogens (primary N) is 1. The van der Waals surface area contributed by atoms with Crippen LogP contribution in [0.2, 0.25) is 5.02 Å². The second-order valence-corrected chi connectivity index (χ2v) is 5.55. The van der Waals surface area contributed by atoms with Gasteiger partial charge in [0.15, 0.2) is 0 Å². The zero-order valence-corrected chi connectivity index (χ0v) is 13.0. The number of anilines is 1. The molecule has 1 aromatic heterocycles. The van der Waals surface area contributed by atoms with E-state index < -0.39 is 0 Å². The van der Waals surface area contributed by atoms with Crippen LogP contribution in [0.5, 0.6) is 0 Å². The van der Waals surface area contributed by atoms with Crippen LogP contribution in [0.3, 0.4) is 0 Å². The standard InChI is InChI=1S/C15H16ClN3S/c1-10-7-8-18-15(13(10)14(17)20)19(2)9-11-3-5-12(16)6-4-11/h3-8H,9H2,1-2H3,(H2,17,20). The molecule has 1 aromatic carbocycles. The zero-order chi connectivity index (χ0) is 14.7. The lowest BCUT2D eigenvalue weighted by molar-refractivity contribution is 0.894. The summed E-state index contributed by atoms with van der Waals surface area (Å²) in [4.78, 5) is 6.81. The molecule has 0 aliphatic heterocycles. The van der Waals surface area contributed by atoms with Crippen molar-refractivity contribution >= 4 is 34.6 Å². The maximum absolute atomic E-state index is 5.89. The molecule has 1 heterocycles. The van der Waals surface area contributed by atoms with Crippen molar-refractivity contribution in [2.75, 3.05) is 11.9 Å². The lowest BCUT2D eigenvalue weighted by atomic mass is 10.1. The molecule has 2 N–H and O–H groups in total.